The van der Waals surface area contributed by atoms with E-state index in [1.807, 2.05) is 0 Å². The Hall–Kier alpha value is -1.78. The molecule has 0 amide bonds. The molecular formula is C26H31ClF3N. The molecule has 1 nitrogen and oxygen atoms in total. The van der Waals surface area contributed by atoms with Crippen molar-refractivity contribution < 1.29 is 13.2 Å². The summed E-state index contributed by atoms with van der Waals surface area (Å²) in [5.41, 5.74) is 4.00. The molecule has 0 unspecified atom stereocenters. The van der Waals surface area contributed by atoms with Gasteiger partial charge >= 0.3 is 6.18 Å². The molecule has 1 saturated carbocycles. The van der Waals surface area contributed by atoms with Crippen LogP contribution in [0.4, 0.5) is 13.2 Å². The zero-order chi connectivity index (χ0) is 21.0. The van der Waals surface area contributed by atoms with Gasteiger partial charge in [-0.25, -0.2) is 0 Å². The van der Waals surface area contributed by atoms with Crippen LogP contribution in [0.25, 0.3) is 5.57 Å². The predicted molar refractivity (Wildman–Crippen MR) is 124 cm³/mol. The lowest BCUT2D eigenvalue weighted by Crippen LogP contribution is -2.30. The molecule has 2 aromatic carbocycles. The molecule has 0 bridgehead atoms. The van der Waals surface area contributed by atoms with E-state index in [1.165, 1.54) is 55.4 Å². The van der Waals surface area contributed by atoms with Crippen LogP contribution < -0.4 is 0 Å². The molecule has 5 heteroatoms. The smallest absolute Gasteiger partial charge is 0.299 e. The second-order valence-electron chi connectivity index (χ2n) is 8.69. The largest absolute Gasteiger partial charge is 0.416 e. The molecule has 0 atom stereocenters. The third-order valence-corrected chi connectivity index (χ3v) is 6.63. The zero-order valence-corrected chi connectivity index (χ0v) is 18.7. The van der Waals surface area contributed by atoms with Crippen molar-refractivity contribution in [2.24, 2.45) is 0 Å². The summed E-state index contributed by atoms with van der Waals surface area (Å²) in [6.07, 6.45) is 6.36. The molecule has 2 aromatic rings. The summed E-state index contributed by atoms with van der Waals surface area (Å²) >= 11 is 0. The normalized spacial score (nSPS) is 18.4. The maximum Gasteiger partial charge on any atom is 0.416 e. The van der Waals surface area contributed by atoms with E-state index in [9.17, 15) is 13.2 Å². The zero-order valence-electron chi connectivity index (χ0n) is 17.8. The maximum absolute atomic E-state index is 13.0. The fourth-order valence-corrected chi connectivity index (χ4v) is 4.75. The molecule has 1 aliphatic carbocycles. The number of alkyl halides is 3. The highest BCUT2D eigenvalue weighted by Gasteiger charge is 2.30. The minimum atomic E-state index is -4.29. The van der Waals surface area contributed by atoms with Crippen molar-refractivity contribution in [3.05, 3.63) is 76.9 Å². The van der Waals surface area contributed by atoms with Crippen molar-refractivity contribution in [3.63, 3.8) is 0 Å². The summed E-state index contributed by atoms with van der Waals surface area (Å²) < 4.78 is 38.9. The Morgan fingerprint density at radius 2 is 1.68 bits per heavy atom. The molecule has 2 aliphatic rings. The second-order valence-corrected chi connectivity index (χ2v) is 8.69. The second kappa shape index (κ2) is 10.7. The van der Waals surface area contributed by atoms with Crippen LogP contribution in [0.5, 0.6) is 0 Å². The lowest BCUT2D eigenvalue weighted by Gasteiger charge is -2.27. The lowest BCUT2D eigenvalue weighted by atomic mass is 9.84. The third kappa shape index (κ3) is 6.36. The van der Waals surface area contributed by atoms with Gasteiger partial charge < -0.3 is 0 Å². The fraction of sp³-hybridized carbons (Fsp3) is 0.462. The SMILES string of the molecule is Cl.FC(F)(F)c1cccc(C2=CCN(CCc3ccc(C4CCCCC4)cc3)CC2)c1. The van der Waals surface area contributed by atoms with E-state index in [0.29, 0.717) is 5.56 Å². The molecule has 0 aromatic heterocycles. The van der Waals surface area contributed by atoms with E-state index >= 15 is 0 Å². The van der Waals surface area contributed by atoms with Crippen LogP contribution in [-0.2, 0) is 12.6 Å². The first-order chi connectivity index (χ1) is 14.5. The van der Waals surface area contributed by atoms with Gasteiger partial charge in [-0.1, -0.05) is 61.7 Å². The van der Waals surface area contributed by atoms with E-state index in [0.717, 1.165) is 50.0 Å². The summed E-state index contributed by atoms with van der Waals surface area (Å²) in [6, 6.07) is 14.9. The first-order valence-electron chi connectivity index (χ1n) is 11.2. The Kier molecular flexibility index (Phi) is 8.23. The van der Waals surface area contributed by atoms with E-state index in [2.05, 4.69) is 35.2 Å². The first-order valence-corrected chi connectivity index (χ1v) is 11.2. The number of benzene rings is 2. The van der Waals surface area contributed by atoms with Gasteiger partial charge in [0.1, 0.15) is 0 Å². The fourth-order valence-electron chi connectivity index (χ4n) is 4.75. The van der Waals surface area contributed by atoms with Crippen molar-refractivity contribution in [1.82, 2.24) is 4.90 Å². The molecule has 168 valence electrons. The molecule has 1 aliphatic heterocycles. The molecule has 0 radical (unpaired) electrons. The van der Waals surface area contributed by atoms with Crippen LogP contribution in [-0.4, -0.2) is 24.5 Å². The highest BCUT2D eigenvalue weighted by atomic mass is 35.5. The van der Waals surface area contributed by atoms with Gasteiger partial charge in [0.25, 0.3) is 0 Å². The minimum Gasteiger partial charge on any atom is -0.299 e. The van der Waals surface area contributed by atoms with E-state index < -0.39 is 11.7 Å². The highest BCUT2D eigenvalue weighted by molar-refractivity contribution is 5.85. The van der Waals surface area contributed by atoms with Gasteiger partial charge in [0.05, 0.1) is 5.56 Å². The van der Waals surface area contributed by atoms with Gasteiger partial charge in [-0.15, -0.1) is 12.4 Å². The summed E-state index contributed by atoms with van der Waals surface area (Å²) in [5.74, 6) is 0.745. The Morgan fingerprint density at radius 1 is 0.935 bits per heavy atom. The Morgan fingerprint density at radius 3 is 2.32 bits per heavy atom. The van der Waals surface area contributed by atoms with Crippen molar-refractivity contribution in [2.75, 3.05) is 19.6 Å². The number of nitrogens with zero attached hydrogens (tertiary/aromatic N) is 1. The van der Waals surface area contributed by atoms with Crippen molar-refractivity contribution in [3.8, 4) is 0 Å². The van der Waals surface area contributed by atoms with E-state index in [1.54, 1.807) is 6.07 Å². The molecule has 4 rings (SSSR count). The highest BCUT2D eigenvalue weighted by Crippen LogP contribution is 2.33. The molecular weight excluding hydrogens is 419 g/mol. The number of rotatable bonds is 5. The molecule has 0 saturated heterocycles. The van der Waals surface area contributed by atoms with Crippen LogP contribution >= 0.6 is 12.4 Å². The Labute approximate surface area is 189 Å². The number of halogens is 4. The lowest BCUT2D eigenvalue weighted by molar-refractivity contribution is -0.137. The topological polar surface area (TPSA) is 3.24 Å². The van der Waals surface area contributed by atoms with Crippen LogP contribution in [0.1, 0.15) is 66.7 Å². The third-order valence-electron chi connectivity index (χ3n) is 6.63. The van der Waals surface area contributed by atoms with Gasteiger partial charge in [0, 0.05) is 19.6 Å². The number of hydrogen-bond acceptors (Lipinski definition) is 1. The molecule has 0 N–H and O–H groups in total. The average molecular weight is 450 g/mol. The van der Waals surface area contributed by atoms with E-state index in [4.69, 9.17) is 0 Å². The molecule has 1 heterocycles. The first kappa shape index (κ1) is 23.9. The molecule has 31 heavy (non-hydrogen) atoms. The maximum atomic E-state index is 13.0. The quantitative estimate of drug-likeness (QED) is 0.456. The van der Waals surface area contributed by atoms with Gasteiger partial charge in [0.15, 0.2) is 0 Å². The van der Waals surface area contributed by atoms with Crippen LogP contribution in [0.2, 0.25) is 0 Å². The number of hydrogen-bond donors (Lipinski definition) is 0. The Bertz CT molecular complexity index is 867. The summed E-state index contributed by atoms with van der Waals surface area (Å²) in [7, 11) is 0. The molecule has 1 fully saturated rings. The van der Waals surface area contributed by atoms with Gasteiger partial charge in [-0.2, -0.15) is 13.2 Å². The van der Waals surface area contributed by atoms with Crippen LogP contribution in [0.15, 0.2) is 54.6 Å². The van der Waals surface area contributed by atoms with Crippen LogP contribution in [0, 0.1) is 0 Å². The monoisotopic (exact) mass is 449 g/mol. The molecule has 0 spiro atoms. The Balaban J connectivity index is 0.00000272. The van der Waals surface area contributed by atoms with Crippen LogP contribution in [0.3, 0.4) is 0 Å². The van der Waals surface area contributed by atoms with Crippen molar-refractivity contribution in [2.45, 2.75) is 57.0 Å². The standard InChI is InChI=1S/C26H30F3N.ClH/c27-26(28,29)25-8-4-7-24(19-25)23-14-17-30(18-15-23)16-13-20-9-11-22(12-10-20)21-5-2-1-3-6-21;/h4,7-12,14,19,21H,1-3,5-6,13,15-18H2;1H. The summed E-state index contributed by atoms with van der Waals surface area (Å²) in [5, 5.41) is 0. The average Bonchev–Trinajstić information content (AvgIpc) is 2.78. The van der Waals surface area contributed by atoms with Gasteiger partial charge in [0.2, 0.25) is 0 Å². The van der Waals surface area contributed by atoms with Gasteiger partial charge in [-0.3, -0.25) is 4.90 Å². The van der Waals surface area contributed by atoms with Crippen molar-refractivity contribution in [1.29, 1.82) is 0 Å². The minimum absolute atomic E-state index is 0. The van der Waals surface area contributed by atoms with Gasteiger partial charge in [-0.05, 0) is 66.0 Å². The summed E-state index contributed by atoms with van der Waals surface area (Å²) in [4.78, 5) is 2.38. The summed E-state index contributed by atoms with van der Waals surface area (Å²) in [6.45, 7) is 2.67. The predicted octanol–water partition coefficient (Wildman–Crippen LogP) is 7.51. The van der Waals surface area contributed by atoms with Crippen molar-refractivity contribution >= 4 is 18.0 Å². The van der Waals surface area contributed by atoms with E-state index in [-0.39, 0.29) is 12.4 Å².